The van der Waals surface area contributed by atoms with E-state index >= 15 is 0 Å². The number of ether oxygens (including phenoxy) is 1. The van der Waals surface area contributed by atoms with Crippen LogP contribution in [0, 0.1) is 11.3 Å². The fraction of sp³-hybridized carbons (Fsp3) is 0.621. The summed E-state index contributed by atoms with van der Waals surface area (Å²) in [5.74, 6) is 1.28. The lowest BCUT2D eigenvalue weighted by molar-refractivity contribution is -0.126. The van der Waals surface area contributed by atoms with Gasteiger partial charge in [0.25, 0.3) is 5.91 Å². The van der Waals surface area contributed by atoms with Crippen molar-refractivity contribution < 1.29 is 19.4 Å². The minimum absolute atomic E-state index is 0.0443. The summed E-state index contributed by atoms with van der Waals surface area (Å²) >= 11 is 6.05. The van der Waals surface area contributed by atoms with Crippen molar-refractivity contribution in [2.45, 2.75) is 89.3 Å². The van der Waals surface area contributed by atoms with Gasteiger partial charge in [-0.1, -0.05) is 17.7 Å². The number of rotatable bonds is 10. The highest BCUT2D eigenvalue weighted by Crippen LogP contribution is 2.31. The van der Waals surface area contributed by atoms with Crippen molar-refractivity contribution in [3.63, 3.8) is 0 Å². The van der Waals surface area contributed by atoms with Crippen molar-refractivity contribution in [3.05, 3.63) is 40.6 Å². The Balaban J connectivity index is 1.20. The molecule has 2 aliphatic carbocycles. The first-order valence-electron chi connectivity index (χ1n) is 13.8. The minimum Gasteiger partial charge on any atom is -0.490 e. The van der Waals surface area contributed by atoms with Gasteiger partial charge in [-0.25, -0.2) is 0 Å². The van der Waals surface area contributed by atoms with Crippen LogP contribution in [0.2, 0.25) is 5.02 Å². The number of allylic oxidation sites excluding steroid dienone is 1. The number of Topliss-reactive ketones (excluding diaryl/α,β-unsaturated/α-hetero) is 1. The standard InChI is InChI=1S/C29H40ClN3O4/c30-21-4-3-5-25(18-21)37-24-12-9-20(10-13-24)8-11-23(35)19-32-27-7-2-1-6-26(27)28(31)29(36)33-16-14-22(34)15-17-33/h3-5,18,20,22,24,31-32,34H,1-2,6-17,19H2. The lowest BCUT2D eigenvalue weighted by Crippen LogP contribution is -2.44. The molecular formula is C29H40ClN3O4. The molecule has 202 valence electrons. The van der Waals surface area contributed by atoms with Crippen molar-refractivity contribution in [2.24, 2.45) is 5.92 Å². The summed E-state index contributed by atoms with van der Waals surface area (Å²) in [4.78, 5) is 27.2. The maximum absolute atomic E-state index is 12.9. The van der Waals surface area contributed by atoms with Gasteiger partial charge in [0.15, 0.2) is 5.78 Å². The van der Waals surface area contributed by atoms with Crippen LogP contribution in [0.1, 0.15) is 77.0 Å². The fourth-order valence-corrected chi connectivity index (χ4v) is 5.84. The van der Waals surface area contributed by atoms with Crippen LogP contribution in [0.5, 0.6) is 5.75 Å². The van der Waals surface area contributed by atoms with Gasteiger partial charge < -0.3 is 20.1 Å². The molecule has 1 heterocycles. The molecule has 0 aromatic heterocycles. The Morgan fingerprint density at radius 1 is 1.08 bits per heavy atom. The minimum atomic E-state index is -0.354. The van der Waals surface area contributed by atoms with Gasteiger partial charge in [-0.05, 0) is 94.7 Å². The topological polar surface area (TPSA) is 103 Å². The van der Waals surface area contributed by atoms with Crippen molar-refractivity contribution in [1.82, 2.24) is 10.2 Å². The van der Waals surface area contributed by atoms with E-state index in [1.165, 1.54) is 0 Å². The van der Waals surface area contributed by atoms with Gasteiger partial charge in [0.05, 0.1) is 18.8 Å². The lowest BCUT2D eigenvalue weighted by atomic mass is 9.84. The van der Waals surface area contributed by atoms with Gasteiger partial charge in [0.2, 0.25) is 0 Å². The summed E-state index contributed by atoms with van der Waals surface area (Å²) < 4.78 is 6.08. The molecule has 1 amide bonds. The Hall–Kier alpha value is -2.38. The molecule has 3 N–H and O–H groups in total. The zero-order chi connectivity index (χ0) is 26.2. The van der Waals surface area contributed by atoms with Crippen LogP contribution < -0.4 is 10.1 Å². The van der Waals surface area contributed by atoms with E-state index < -0.39 is 0 Å². The first kappa shape index (κ1) is 27.6. The molecule has 1 saturated heterocycles. The normalized spacial score (nSPS) is 23.0. The number of aliphatic hydroxyl groups excluding tert-OH is 1. The van der Waals surface area contributed by atoms with Crippen LogP contribution in [0.4, 0.5) is 0 Å². The third-order valence-corrected chi connectivity index (χ3v) is 8.19. The monoisotopic (exact) mass is 529 g/mol. The molecule has 3 aliphatic rings. The summed E-state index contributed by atoms with van der Waals surface area (Å²) in [5, 5.41) is 22.2. The van der Waals surface area contributed by atoms with Gasteiger partial charge >= 0.3 is 0 Å². The van der Waals surface area contributed by atoms with Gasteiger partial charge in [0, 0.05) is 35.8 Å². The number of carbonyl (C=O) groups excluding carboxylic acids is 2. The second-order valence-corrected chi connectivity index (χ2v) is 11.1. The Morgan fingerprint density at radius 3 is 2.54 bits per heavy atom. The van der Waals surface area contributed by atoms with Gasteiger partial charge in [-0.15, -0.1) is 0 Å². The van der Waals surface area contributed by atoms with Crippen LogP contribution in [-0.4, -0.2) is 59.3 Å². The Kier molecular flexibility index (Phi) is 10.0. The smallest absolute Gasteiger partial charge is 0.272 e. The zero-order valence-electron chi connectivity index (χ0n) is 21.6. The number of likely N-dealkylation sites (tertiary alicyclic amines) is 1. The van der Waals surface area contributed by atoms with Crippen molar-refractivity contribution in [3.8, 4) is 5.75 Å². The SMILES string of the molecule is N=C(C(=O)N1CCC(O)CC1)C1=C(NCC(=O)CCC2CCC(Oc3cccc(Cl)c3)CC2)CCCC1. The molecule has 7 nitrogen and oxygen atoms in total. The van der Waals surface area contributed by atoms with E-state index in [4.69, 9.17) is 21.7 Å². The molecule has 1 aliphatic heterocycles. The average Bonchev–Trinajstić information content (AvgIpc) is 2.91. The highest BCUT2D eigenvalue weighted by molar-refractivity contribution is 6.44. The predicted molar refractivity (Wildman–Crippen MR) is 145 cm³/mol. The van der Waals surface area contributed by atoms with Crippen LogP contribution in [0.15, 0.2) is 35.5 Å². The number of hydrogen-bond acceptors (Lipinski definition) is 6. The van der Waals surface area contributed by atoms with Crippen LogP contribution in [0.3, 0.4) is 0 Å². The van der Waals surface area contributed by atoms with Crippen molar-refractivity contribution in [1.29, 1.82) is 5.41 Å². The highest BCUT2D eigenvalue weighted by Gasteiger charge is 2.28. The number of piperidine rings is 1. The summed E-state index contributed by atoms with van der Waals surface area (Å²) in [6, 6.07) is 7.53. The number of ketones is 1. The van der Waals surface area contributed by atoms with E-state index in [0.29, 0.717) is 49.7 Å². The maximum Gasteiger partial charge on any atom is 0.272 e. The Bertz CT molecular complexity index is 995. The van der Waals surface area contributed by atoms with Gasteiger partial charge in [-0.3, -0.25) is 15.0 Å². The van der Waals surface area contributed by atoms with Gasteiger partial charge in [0.1, 0.15) is 11.5 Å². The molecule has 2 fully saturated rings. The summed E-state index contributed by atoms with van der Waals surface area (Å²) in [6.07, 6.45) is 9.95. The van der Waals surface area contributed by atoms with Crippen molar-refractivity contribution in [2.75, 3.05) is 19.6 Å². The number of halogens is 1. The van der Waals surface area contributed by atoms with E-state index in [9.17, 15) is 14.7 Å². The average molecular weight is 530 g/mol. The second kappa shape index (κ2) is 13.4. The van der Waals surface area contributed by atoms with E-state index in [1.54, 1.807) is 4.90 Å². The first-order valence-corrected chi connectivity index (χ1v) is 14.2. The number of nitrogens with zero attached hydrogens (tertiary/aromatic N) is 1. The van der Waals surface area contributed by atoms with Crippen molar-refractivity contribution >= 4 is 29.0 Å². The molecule has 1 saturated carbocycles. The Labute approximate surface area is 225 Å². The molecule has 8 heteroatoms. The third kappa shape index (κ3) is 8.05. The van der Waals surface area contributed by atoms with Crippen LogP contribution in [-0.2, 0) is 9.59 Å². The molecule has 1 aromatic carbocycles. The van der Waals surface area contributed by atoms with Crippen LogP contribution >= 0.6 is 11.6 Å². The van der Waals surface area contributed by atoms with Gasteiger partial charge in [-0.2, -0.15) is 0 Å². The molecule has 0 spiro atoms. The molecule has 1 aromatic rings. The zero-order valence-corrected chi connectivity index (χ0v) is 22.4. The molecule has 0 radical (unpaired) electrons. The number of amides is 1. The number of hydrogen-bond donors (Lipinski definition) is 3. The predicted octanol–water partition coefficient (Wildman–Crippen LogP) is 5.05. The number of carbonyl (C=O) groups is 2. The van der Waals surface area contributed by atoms with Crippen LogP contribution in [0.25, 0.3) is 0 Å². The van der Waals surface area contributed by atoms with E-state index in [-0.39, 0.29) is 36.2 Å². The maximum atomic E-state index is 12.9. The molecule has 37 heavy (non-hydrogen) atoms. The molecule has 0 atom stereocenters. The summed E-state index contributed by atoms with van der Waals surface area (Å²) in [7, 11) is 0. The summed E-state index contributed by atoms with van der Waals surface area (Å²) in [6.45, 7) is 1.24. The molecule has 0 bridgehead atoms. The van der Waals surface area contributed by atoms with E-state index in [0.717, 1.165) is 68.4 Å². The second-order valence-electron chi connectivity index (χ2n) is 10.7. The Morgan fingerprint density at radius 2 is 1.81 bits per heavy atom. The lowest BCUT2D eigenvalue weighted by Gasteiger charge is -2.31. The molecule has 4 rings (SSSR count). The molecule has 0 unspecified atom stereocenters. The first-order chi connectivity index (χ1) is 17.9. The third-order valence-electron chi connectivity index (χ3n) is 7.96. The molecular weight excluding hydrogens is 490 g/mol. The quantitative estimate of drug-likeness (QED) is 0.368. The fourth-order valence-electron chi connectivity index (χ4n) is 5.66. The highest BCUT2D eigenvalue weighted by atomic mass is 35.5. The van der Waals surface area contributed by atoms with E-state index in [2.05, 4.69) is 5.32 Å². The number of benzene rings is 1. The number of aliphatic hydroxyl groups is 1. The largest absolute Gasteiger partial charge is 0.490 e. The summed E-state index contributed by atoms with van der Waals surface area (Å²) in [5.41, 5.74) is 1.68. The number of nitrogens with one attached hydrogen (secondary N) is 2. The van der Waals surface area contributed by atoms with E-state index in [1.807, 2.05) is 24.3 Å².